The molecule has 0 spiro atoms. The second kappa shape index (κ2) is 9.53. The lowest BCUT2D eigenvalue weighted by atomic mass is 10.1. The third kappa shape index (κ3) is 4.63. The standard InChI is InChI=1S/C22H22N4O3S3/c1-11-8-14(31-22-23-12(2)10-30-22)6-7-15(11)24-19(27)18-13(3)17-20(29-5)25-16(9-28-4)26-21(17)32-18/h6-8,10H,9H2,1-5H3,(H,24,27). The highest BCUT2D eigenvalue weighted by atomic mass is 32.2. The van der Waals surface area contributed by atoms with Crippen molar-refractivity contribution < 1.29 is 14.3 Å². The Morgan fingerprint density at radius 2 is 1.97 bits per heavy atom. The number of hydrogen-bond donors (Lipinski definition) is 1. The van der Waals surface area contributed by atoms with Gasteiger partial charge in [-0.1, -0.05) is 11.8 Å². The van der Waals surface area contributed by atoms with Gasteiger partial charge < -0.3 is 14.8 Å². The molecule has 3 aromatic heterocycles. The van der Waals surface area contributed by atoms with Crippen LogP contribution in [0.5, 0.6) is 5.88 Å². The monoisotopic (exact) mass is 486 g/mol. The number of nitrogens with zero attached hydrogens (tertiary/aromatic N) is 3. The molecule has 3 heterocycles. The molecule has 0 atom stereocenters. The van der Waals surface area contributed by atoms with Crippen LogP contribution in [-0.2, 0) is 11.3 Å². The number of benzene rings is 1. The van der Waals surface area contributed by atoms with Crippen molar-refractivity contribution in [3.8, 4) is 5.88 Å². The number of anilines is 1. The molecular formula is C22H22N4O3S3. The van der Waals surface area contributed by atoms with Crippen molar-refractivity contribution in [3.05, 3.63) is 51.1 Å². The van der Waals surface area contributed by atoms with Gasteiger partial charge in [0.05, 0.1) is 17.4 Å². The van der Waals surface area contributed by atoms with Gasteiger partial charge in [0, 0.05) is 28.8 Å². The molecule has 1 N–H and O–H groups in total. The third-order valence-corrected chi connectivity index (χ3v) is 7.96. The van der Waals surface area contributed by atoms with Crippen molar-refractivity contribution in [2.45, 2.75) is 36.6 Å². The SMILES string of the molecule is COCc1nc(OC)c2c(C)c(C(=O)Nc3ccc(Sc4nc(C)cs4)cc3C)sc2n1. The number of amides is 1. The lowest BCUT2D eigenvalue weighted by Crippen LogP contribution is -2.12. The summed E-state index contributed by atoms with van der Waals surface area (Å²) in [6, 6.07) is 5.98. The third-order valence-electron chi connectivity index (χ3n) is 4.73. The topological polar surface area (TPSA) is 86.2 Å². The number of aromatic nitrogens is 3. The molecule has 0 saturated carbocycles. The molecule has 0 unspecified atom stereocenters. The van der Waals surface area contributed by atoms with Crippen molar-refractivity contribution in [2.24, 2.45) is 0 Å². The van der Waals surface area contributed by atoms with Crippen LogP contribution in [0.4, 0.5) is 5.69 Å². The van der Waals surface area contributed by atoms with E-state index in [2.05, 4.69) is 26.3 Å². The van der Waals surface area contributed by atoms with Crippen LogP contribution in [-0.4, -0.2) is 35.1 Å². The average Bonchev–Trinajstić information content (AvgIpc) is 3.32. The van der Waals surface area contributed by atoms with Gasteiger partial charge >= 0.3 is 0 Å². The van der Waals surface area contributed by atoms with Gasteiger partial charge in [0.1, 0.15) is 11.4 Å². The van der Waals surface area contributed by atoms with Crippen LogP contribution < -0.4 is 10.1 Å². The Bertz CT molecular complexity index is 1300. The molecule has 0 bridgehead atoms. The number of thiophene rings is 1. The van der Waals surface area contributed by atoms with Gasteiger partial charge in [0.25, 0.3) is 5.91 Å². The Morgan fingerprint density at radius 3 is 2.62 bits per heavy atom. The maximum absolute atomic E-state index is 13.1. The lowest BCUT2D eigenvalue weighted by Gasteiger charge is -2.09. The highest BCUT2D eigenvalue weighted by Gasteiger charge is 2.21. The van der Waals surface area contributed by atoms with Crippen molar-refractivity contribution in [1.82, 2.24) is 15.0 Å². The van der Waals surface area contributed by atoms with E-state index in [1.807, 2.05) is 38.3 Å². The zero-order valence-electron chi connectivity index (χ0n) is 18.3. The number of hydrogen-bond acceptors (Lipinski definition) is 9. The van der Waals surface area contributed by atoms with Crippen LogP contribution in [0.3, 0.4) is 0 Å². The van der Waals surface area contributed by atoms with E-state index in [4.69, 9.17) is 9.47 Å². The van der Waals surface area contributed by atoms with Crippen LogP contribution in [0.25, 0.3) is 10.2 Å². The summed E-state index contributed by atoms with van der Waals surface area (Å²) in [4.78, 5) is 28.9. The Hall–Kier alpha value is -2.53. The van der Waals surface area contributed by atoms with Gasteiger partial charge in [-0.3, -0.25) is 4.79 Å². The Balaban J connectivity index is 1.59. The van der Waals surface area contributed by atoms with E-state index in [-0.39, 0.29) is 12.5 Å². The molecule has 0 radical (unpaired) electrons. The number of ether oxygens (including phenoxy) is 2. The first-order chi connectivity index (χ1) is 15.4. The summed E-state index contributed by atoms with van der Waals surface area (Å²) >= 11 is 4.57. The molecule has 0 aliphatic carbocycles. The van der Waals surface area contributed by atoms with E-state index < -0.39 is 0 Å². The largest absolute Gasteiger partial charge is 0.480 e. The summed E-state index contributed by atoms with van der Waals surface area (Å²) in [5.41, 5.74) is 3.57. The Kier molecular flexibility index (Phi) is 6.75. The number of carbonyl (C=O) groups is 1. The fourth-order valence-electron chi connectivity index (χ4n) is 3.20. The minimum Gasteiger partial charge on any atom is -0.480 e. The van der Waals surface area contributed by atoms with Crippen LogP contribution >= 0.6 is 34.4 Å². The number of thiazole rings is 1. The summed E-state index contributed by atoms with van der Waals surface area (Å²) < 4.78 is 11.6. The van der Waals surface area contributed by atoms with Crippen LogP contribution in [0.2, 0.25) is 0 Å². The molecule has 0 saturated heterocycles. The molecule has 166 valence electrons. The highest BCUT2D eigenvalue weighted by Crippen LogP contribution is 2.36. The fourth-order valence-corrected chi connectivity index (χ4v) is 6.20. The van der Waals surface area contributed by atoms with Gasteiger partial charge in [-0.15, -0.1) is 22.7 Å². The number of fused-ring (bicyclic) bond motifs is 1. The average molecular weight is 487 g/mol. The summed E-state index contributed by atoms with van der Waals surface area (Å²) in [6.45, 7) is 6.13. The fraction of sp³-hybridized carbons (Fsp3) is 0.273. The first-order valence-corrected chi connectivity index (χ1v) is 12.3. The van der Waals surface area contributed by atoms with E-state index in [9.17, 15) is 4.79 Å². The van der Waals surface area contributed by atoms with Gasteiger partial charge in [-0.05, 0) is 50.1 Å². The van der Waals surface area contributed by atoms with E-state index in [1.165, 1.54) is 11.3 Å². The molecule has 0 fully saturated rings. The van der Waals surface area contributed by atoms with E-state index in [0.29, 0.717) is 21.4 Å². The van der Waals surface area contributed by atoms with E-state index in [0.717, 1.165) is 37.1 Å². The second-order valence-electron chi connectivity index (χ2n) is 7.11. The first kappa shape index (κ1) is 22.7. The normalized spacial score (nSPS) is 11.2. The van der Waals surface area contributed by atoms with Gasteiger partial charge in [0.2, 0.25) is 5.88 Å². The molecule has 10 heteroatoms. The van der Waals surface area contributed by atoms with Crippen molar-refractivity contribution in [2.75, 3.05) is 19.5 Å². The highest BCUT2D eigenvalue weighted by molar-refractivity contribution is 8.01. The van der Waals surface area contributed by atoms with Crippen LogP contribution in [0.1, 0.15) is 32.3 Å². The predicted octanol–water partition coefficient (Wildman–Crippen LogP) is 5.63. The second-order valence-corrected chi connectivity index (χ2v) is 10.3. The van der Waals surface area contributed by atoms with Crippen molar-refractivity contribution >= 4 is 56.2 Å². The smallest absolute Gasteiger partial charge is 0.266 e. The van der Waals surface area contributed by atoms with Crippen LogP contribution in [0.15, 0.2) is 32.8 Å². The summed E-state index contributed by atoms with van der Waals surface area (Å²) in [6.07, 6.45) is 0. The summed E-state index contributed by atoms with van der Waals surface area (Å²) in [5, 5.41) is 5.83. The molecule has 4 aromatic rings. The molecule has 1 aromatic carbocycles. The van der Waals surface area contributed by atoms with Gasteiger partial charge in [0.15, 0.2) is 10.2 Å². The Morgan fingerprint density at radius 1 is 1.16 bits per heavy atom. The quantitative estimate of drug-likeness (QED) is 0.362. The maximum Gasteiger partial charge on any atom is 0.266 e. The predicted molar refractivity (Wildman–Crippen MR) is 130 cm³/mol. The minimum atomic E-state index is -0.181. The molecular weight excluding hydrogens is 464 g/mol. The number of methoxy groups -OCH3 is 2. The first-order valence-electron chi connectivity index (χ1n) is 9.74. The number of nitrogens with one attached hydrogen (secondary N) is 1. The number of rotatable bonds is 7. The molecule has 32 heavy (non-hydrogen) atoms. The lowest BCUT2D eigenvalue weighted by molar-refractivity contribution is 0.103. The van der Waals surface area contributed by atoms with Crippen molar-refractivity contribution in [1.29, 1.82) is 0 Å². The molecule has 4 rings (SSSR count). The zero-order chi connectivity index (χ0) is 22.8. The minimum absolute atomic E-state index is 0.181. The van der Waals surface area contributed by atoms with E-state index >= 15 is 0 Å². The Labute approximate surface area is 198 Å². The zero-order valence-corrected chi connectivity index (χ0v) is 20.8. The number of carbonyl (C=O) groups excluding carboxylic acids is 1. The molecule has 7 nitrogen and oxygen atoms in total. The summed E-state index contributed by atoms with van der Waals surface area (Å²) in [5.74, 6) is 0.786. The number of aryl methyl sites for hydroxylation is 3. The molecule has 1 amide bonds. The van der Waals surface area contributed by atoms with Gasteiger partial charge in [-0.25, -0.2) is 9.97 Å². The van der Waals surface area contributed by atoms with E-state index in [1.54, 1.807) is 37.3 Å². The van der Waals surface area contributed by atoms with Gasteiger partial charge in [-0.2, -0.15) is 4.98 Å². The van der Waals surface area contributed by atoms with Crippen LogP contribution in [0, 0.1) is 20.8 Å². The molecule has 0 aliphatic rings. The van der Waals surface area contributed by atoms with Crippen molar-refractivity contribution in [3.63, 3.8) is 0 Å². The summed E-state index contributed by atoms with van der Waals surface area (Å²) in [7, 11) is 3.15. The maximum atomic E-state index is 13.1. The molecule has 0 aliphatic heterocycles.